The molecule has 1 rings (SSSR count). The Morgan fingerprint density at radius 2 is 1.85 bits per heavy atom. The van der Waals surface area contributed by atoms with E-state index in [0.717, 1.165) is 6.07 Å². The van der Waals surface area contributed by atoms with Crippen molar-refractivity contribution in [3.05, 3.63) is 23.8 Å². The van der Waals surface area contributed by atoms with Crippen molar-refractivity contribution in [2.24, 2.45) is 0 Å². The summed E-state index contributed by atoms with van der Waals surface area (Å²) in [5.74, 6) is -2.87. The largest absolute Gasteiger partial charge is 0.508 e. The van der Waals surface area contributed by atoms with Gasteiger partial charge in [-0.05, 0) is 19.1 Å². The number of carbonyl (C=O) groups is 3. The van der Waals surface area contributed by atoms with Gasteiger partial charge in [-0.1, -0.05) is 0 Å². The number of carboxylic acid groups (broad SMARTS) is 1. The van der Waals surface area contributed by atoms with Gasteiger partial charge in [0, 0.05) is 6.07 Å². The number of carboxylic acids is 1. The van der Waals surface area contributed by atoms with E-state index in [1.165, 1.54) is 12.1 Å². The molecule has 0 unspecified atom stereocenters. The average Bonchev–Trinajstić information content (AvgIpc) is 2.36. The molecule has 108 valence electrons. The third-order valence-electron chi connectivity index (χ3n) is 2.18. The first-order chi connectivity index (χ1) is 9.42. The van der Waals surface area contributed by atoms with E-state index in [9.17, 15) is 19.5 Å². The quantitative estimate of drug-likeness (QED) is 0.598. The molecule has 0 saturated carbocycles. The minimum atomic E-state index is -1.12. The number of aromatic hydroxyl groups is 1. The normalized spacial score (nSPS) is 9.85. The van der Waals surface area contributed by atoms with Gasteiger partial charge in [0.15, 0.2) is 0 Å². The molecule has 7 nitrogen and oxygen atoms in total. The molecule has 0 aliphatic carbocycles. The Labute approximate surface area is 114 Å². The van der Waals surface area contributed by atoms with Crippen LogP contribution in [0, 0.1) is 0 Å². The number of aliphatic carboxylic acids is 1. The number of esters is 2. The zero-order valence-corrected chi connectivity index (χ0v) is 10.8. The second-order valence-corrected chi connectivity index (χ2v) is 3.80. The second kappa shape index (κ2) is 7.13. The fraction of sp³-hybridized carbons (Fsp3) is 0.308. The van der Waals surface area contributed by atoms with Crippen molar-refractivity contribution >= 4 is 17.9 Å². The summed E-state index contributed by atoms with van der Waals surface area (Å²) in [6, 6.07) is 3.55. The zero-order chi connectivity index (χ0) is 15.1. The molecule has 0 saturated heterocycles. The summed E-state index contributed by atoms with van der Waals surface area (Å²) in [5.41, 5.74) is 0.0351. The third-order valence-corrected chi connectivity index (χ3v) is 2.18. The summed E-state index contributed by atoms with van der Waals surface area (Å²) in [7, 11) is 0. The number of hydrogen-bond donors (Lipinski definition) is 2. The van der Waals surface area contributed by atoms with Gasteiger partial charge in [-0.3, -0.25) is 9.59 Å². The maximum absolute atomic E-state index is 11.5. The lowest BCUT2D eigenvalue weighted by molar-refractivity contribution is -0.142. The van der Waals surface area contributed by atoms with Gasteiger partial charge >= 0.3 is 17.9 Å². The molecule has 1 aromatic carbocycles. The molecular weight excluding hydrogens is 268 g/mol. The van der Waals surface area contributed by atoms with Crippen molar-refractivity contribution in [2.45, 2.75) is 19.8 Å². The first-order valence-electron chi connectivity index (χ1n) is 5.86. The topological polar surface area (TPSA) is 110 Å². The highest BCUT2D eigenvalue weighted by atomic mass is 16.5. The Morgan fingerprint density at radius 1 is 1.15 bits per heavy atom. The van der Waals surface area contributed by atoms with Crippen molar-refractivity contribution in [3.63, 3.8) is 0 Å². The van der Waals surface area contributed by atoms with E-state index in [2.05, 4.69) is 0 Å². The van der Waals surface area contributed by atoms with Gasteiger partial charge in [0.05, 0.1) is 25.0 Å². The second-order valence-electron chi connectivity index (χ2n) is 3.80. The number of rotatable bonds is 6. The number of hydrogen-bond acceptors (Lipinski definition) is 6. The van der Waals surface area contributed by atoms with E-state index in [0.29, 0.717) is 0 Å². The zero-order valence-electron chi connectivity index (χ0n) is 10.8. The van der Waals surface area contributed by atoms with Gasteiger partial charge in [0.1, 0.15) is 11.5 Å². The Bertz CT molecular complexity index is 521. The van der Waals surface area contributed by atoms with E-state index in [1.54, 1.807) is 6.92 Å². The lowest BCUT2D eigenvalue weighted by atomic mass is 10.2. The van der Waals surface area contributed by atoms with Crippen LogP contribution in [-0.4, -0.2) is 34.7 Å². The fourth-order valence-corrected chi connectivity index (χ4v) is 1.37. The molecule has 7 heteroatoms. The predicted octanol–water partition coefficient (Wildman–Crippen LogP) is 1.34. The third kappa shape index (κ3) is 4.97. The number of benzene rings is 1. The molecule has 0 heterocycles. The van der Waals surface area contributed by atoms with E-state index in [1.807, 2.05) is 0 Å². The first-order valence-corrected chi connectivity index (χ1v) is 5.86. The van der Waals surface area contributed by atoms with Crippen molar-refractivity contribution < 1.29 is 34.1 Å². The standard InChI is InChI=1S/C13H14O7/c1-2-19-13(18)8-5-9(14)7-10(6-8)20-12(17)4-3-11(15)16/h5-7,14H,2-4H2,1H3,(H,15,16). The van der Waals surface area contributed by atoms with Crippen LogP contribution in [0.25, 0.3) is 0 Å². The van der Waals surface area contributed by atoms with Crippen LogP contribution in [0.1, 0.15) is 30.1 Å². The van der Waals surface area contributed by atoms with Crippen LogP contribution in [-0.2, 0) is 14.3 Å². The van der Waals surface area contributed by atoms with Crippen LogP contribution >= 0.6 is 0 Å². The molecule has 2 N–H and O–H groups in total. The van der Waals surface area contributed by atoms with Crippen molar-refractivity contribution in [1.29, 1.82) is 0 Å². The molecule has 0 bridgehead atoms. The van der Waals surface area contributed by atoms with E-state index in [4.69, 9.17) is 14.6 Å². The van der Waals surface area contributed by atoms with E-state index < -0.39 is 17.9 Å². The molecule has 0 aliphatic heterocycles. The number of phenolic OH excluding ortho intramolecular Hbond substituents is 1. The fourth-order valence-electron chi connectivity index (χ4n) is 1.37. The van der Waals surface area contributed by atoms with E-state index >= 15 is 0 Å². The maximum Gasteiger partial charge on any atom is 0.338 e. The summed E-state index contributed by atoms with van der Waals surface area (Å²) in [4.78, 5) is 33.2. The number of phenols is 1. The van der Waals surface area contributed by atoms with Gasteiger partial charge in [-0.2, -0.15) is 0 Å². The maximum atomic E-state index is 11.5. The Kier molecular flexibility index (Phi) is 5.52. The van der Waals surface area contributed by atoms with Gasteiger partial charge in [0.25, 0.3) is 0 Å². The van der Waals surface area contributed by atoms with Gasteiger partial charge in [-0.25, -0.2) is 4.79 Å². The monoisotopic (exact) mass is 282 g/mol. The smallest absolute Gasteiger partial charge is 0.338 e. The summed E-state index contributed by atoms with van der Waals surface area (Å²) in [5, 5.41) is 17.9. The minimum Gasteiger partial charge on any atom is -0.508 e. The predicted molar refractivity (Wildman–Crippen MR) is 66.6 cm³/mol. The van der Waals surface area contributed by atoms with E-state index in [-0.39, 0.29) is 36.5 Å². The molecule has 0 fully saturated rings. The van der Waals surface area contributed by atoms with Gasteiger partial charge < -0.3 is 19.7 Å². The first kappa shape index (κ1) is 15.5. The van der Waals surface area contributed by atoms with Crippen LogP contribution in [0.4, 0.5) is 0 Å². The molecule has 0 aliphatic rings. The van der Waals surface area contributed by atoms with Crippen molar-refractivity contribution in [2.75, 3.05) is 6.61 Å². The number of ether oxygens (including phenoxy) is 2. The Hall–Kier alpha value is -2.57. The molecule has 0 aromatic heterocycles. The molecule has 0 atom stereocenters. The molecule has 0 spiro atoms. The van der Waals surface area contributed by atoms with Crippen LogP contribution in [0.15, 0.2) is 18.2 Å². The molecule has 1 aromatic rings. The van der Waals surface area contributed by atoms with Crippen molar-refractivity contribution in [3.8, 4) is 11.5 Å². The Morgan fingerprint density at radius 3 is 2.45 bits per heavy atom. The molecule has 0 amide bonds. The highest BCUT2D eigenvalue weighted by Gasteiger charge is 2.13. The Balaban J connectivity index is 2.77. The van der Waals surface area contributed by atoms with Gasteiger partial charge in [0.2, 0.25) is 0 Å². The lowest BCUT2D eigenvalue weighted by Gasteiger charge is -2.07. The number of carbonyl (C=O) groups excluding carboxylic acids is 2. The van der Waals surface area contributed by atoms with Gasteiger partial charge in [-0.15, -0.1) is 0 Å². The summed E-state index contributed by atoms with van der Waals surface area (Å²) in [6.45, 7) is 1.80. The molecular formula is C13H14O7. The van der Waals surface area contributed by atoms with Crippen LogP contribution < -0.4 is 4.74 Å². The SMILES string of the molecule is CCOC(=O)c1cc(O)cc(OC(=O)CCC(=O)O)c1. The summed E-state index contributed by atoms with van der Waals surface area (Å²) >= 11 is 0. The summed E-state index contributed by atoms with van der Waals surface area (Å²) in [6.07, 6.45) is -0.665. The highest BCUT2D eigenvalue weighted by Crippen LogP contribution is 2.23. The molecule has 0 radical (unpaired) electrons. The van der Waals surface area contributed by atoms with Crippen LogP contribution in [0.5, 0.6) is 11.5 Å². The van der Waals surface area contributed by atoms with Crippen LogP contribution in [0.2, 0.25) is 0 Å². The van der Waals surface area contributed by atoms with Crippen molar-refractivity contribution in [1.82, 2.24) is 0 Å². The minimum absolute atomic E-state index is 0.0351. The highest BCUT2D eigenvalue weighted by molar-refractivity contribution is 5.90. The molecule has 20 heavy (non-hydrogen) atoms. The average molecular weight is 282 g/mol. The summed E-state index contributed by atoms with van der Waals surface area (Å²) < 4.78 is 9.60. The lowest BCUT2D eigenvalue weighted by Crippen LogP contribution is -2.11. The van der Waals surface area contributed by atoms with Crippen LogP contribution in [0.3, 0.4) is 0 Å².